The van der Waals surface area contributed by atoms with Crippen molar-refractivity contribution in [2.45, 2.75) is 6.92 Å². The monoisotopic (exact) mass is 191 g/mol. The summed E-state index contributed by atoms with van der Waals surface area (Å²) in [5.41, 5.74) is 7.50. The normalized spacial score (nSPS) is 10.7. The maximum Gasteiger partial charge on any atom is 0.130 e. The predicted molar refractivity (Wildman–Crippen MR) is 56.3 cm³/mol. The number of benzene rings is 1. The summed E-state index contributed by atoms with van der Waals surface area (Å²) in [6.07, 6.45) is 1.77. The van der Waals surface area contributed by atoms with E-state index in [0.29, 0.717) is 6.61 Å². The summed E-state index contributed by atoms with van der Waals surface area (Å²) in [5, 5.41) is 5.12. The van der Waals surface area contributed by atoms with E-state index in [0.717, 1.165) is 22.3 Å². The van der Waals surface area contributed by atoms with Crippen LogP contribution in [-0.4, -0.2) is 16.4 Å². The molecule has 1 aromatic carbocycles. The second-order valence-corrected chi connectivity index (χ2v) is 3.12. The van der Waals surface area contributed by atoms with Crippen LogP contribution in [0.4, 0.5) is 5.69 Å². The first-order valence-electron chi connectivity index (χ1n) is 4.57. The van der Waals surface area contributed by atoms with Gasteiger partial charge in [0, 0.05) is 7.05 Å². The van der Waals surface area contributed by atoms with Crippen molar-refractivity contribution in [1.82, 2.24) is 9.78 Å². The highest BCUT2D eigenvalue weighted by atomic mass is 16.5. The van der Waals surface area contributed by atoms with E-state index in [2.05, 4.69) is 5.10 Å². The largest absolute Gasteiger partial charge is 0.493 e. The number of nitrogens with two attached hydrogens (primary N) is 1. The molecule has 4 nitrogen and oxygen atoms in total. The van der Waals surface area contributed by atoms with Crippen molar-refractivity contribution in [1.29, 1.82) is 0 Å². The maximum absolute atomic E-state index is 5.85. The minimum atomic E-state index is 0.647. The molecular formula is C10H13N3O. The Morgan fingerprint density at radius 1 is 1.50 bits per heavy atom. The van der Waals surface area contributed by atoms with E-state index in [-0.39, 0.29) is 0 Å². The number of fused-ring (bicyclic) bond motifs is 1. The average Bonchev–Trinajstić information content (AvgIpc) is 2.54. The molecule has 0 radical (unpaired) electrons. The summed E-state index contributed by atoms with van der Waals surface area (Å²) >= 11 is 0. The molecule has 74 valence electrons. The summed E-state index contributed by atoms with van der Waals surface area (Å²) in [7, 11) is 1.87. The van der Waals surface area contributed by atoms with E-state index in [1.807, 2.05) is 26.1 Å². The fraction of sp³-hybridized carbons (Fsp3) is 0.300. The third-order valence-corrected chi connectivity index (χ3v) is 2.19. The van der Waals surface area contributed by atoms with Crippen molar-refractivity contribution in [3.63, 3.8) is 0 Å². The van der Waals surface area contributed by atoms with Gasteiger partial charge in [-0.25, -0.2) is 0 Å². The van der Waals surface area contributed by atoms with Crippen LogP contribution in [0.5, 0.6) is 5.75 Å². The molecule has 4 heteroatoms. The zero-order valence-corrected chi connectivity index (χ0v) is 8.32. The van der Waals surface area contributed by atoms with Crippen molar-refractivity contribution in [2.24, 2.45) is 7.05 Å². The first kappa shape index (κ1) is 8.87. The van der Waals surface area contributed by atoms with Crippen LogP contribution in [0.3, 0.4) is 0 Å². The van der Waals surface area contributed by atoms with Crippen molar-refractivity contribution < 1.29 is 4.74 Å². The molecular weight excluding hydrogens is 178 g/mol. The Morgan fingerprint density at radius 3 is 3.00 bits per heavy atom. The fourth-order valence-corrected chi connectivity index (χ4v) is 1.58. The molecule has 0 atom stereocenters. The van der Waals surface area contributed by atoms with Gasteiger partial charge in [0.15, 0.2) is 0 Å². The molecule has 0 spiro atoms. The van der Waals surface area contributed by atoms with Crippen molar-refractivity contribution in [2.75, 3.05) is 12.3 Å². The second kappa shape index (κ2) is 3.21. The summed E-state index contributed by atoms with van der Waals surface area (Å²) in [5.74, 6) is 0.838. The Hall–Kier alpha value is -1.71. The van der Waals surface area contributed by atoms with Gasteiger partial charge < -0.3 is 10.5 Å². The van der Waals surface area contributed by atoms with Crippen LogP contribution in [0.25, 0.3) is 10.9 Å². The number of ether oxygens (including phenoxy) is 1. The van der Waals surface area contributed by atoms with Gasteiger partial charge in [0.05, 0.1) is 29.4 Å². The lowest BCUT2D eigenvalue weighted by Crippen LogP contribution is -1.96. The quantitative estimate of drug-likeness (QED) is 0.733. The Balaban J connectivity index is 2.70. The third kappa shape index (κ3) is 1.19. The third-order valence-electron chi connectivity index (χ3n) is 2.19. The smallest absolute Gasteiger partial charge is 0.130 e. The molecule has 0 aliphatic carbocycles. The standard InChI is InChI=1S/C10H13N3O/c1-3-14-9-5-4-8(11)10-7(9)6-12-13(10)2/h4-6H,3,11H2,1-2H3. The number of hydrogen-bond acceptors (Lipinski definition) is 3. The number of hydrogen-bond donors (Lipinski definition) is 1. The van der Waals surface area contributed by atoms with Gasteiger partial charge in [-0.15, -0.1) is 0 Å². The molecule has 1 aromatic heterocycles. The summed E-state index contributed by atoms with van der Waals surface area (Å²) < 4.78 is 7.24. The van der Waals surface area contributed by atoms with E-state index >= 15 is 0 Å². The molecule has 0 fully saturated rings. The number of aromatic nitrogens is 2. The number of anilines is 1. The van der Waals surface area contributed by atoms with Gasteiger partial charge in [-0.05, 0) is 19.1 Å². The average molecular weight is 191 g/mol. The Morgan fingerprint density at radius 2 is 2.29 bits per heavy atom. The maximum atomic E-state index is 5.85. The zero-order chi connectivity index (χ0) is 10.1. The van der Waals surface area contributed by atoms with E-state index in [4.69, 9.17) is 10.5 Å². The number of nitrogen functional groups attached to an aromatic ring is 1. The molecule has 0 aliphatic rings. The Bertz CT molecular complexity index is 462. The minimum absolute atomic E-state index is 0.647. The molecule has 0 bridgehead atoms. The summed E-state index contributed by atoms with van der Waals surface area (Å²) in [4.78, 5) is 0. The molecule has 2 aromatic rings. The van der Waals surface area contributed by atoms with Gasteiger partial charge in [-0.1, -0.05) is 0 Å². The Kier molecular flexibility index (Phi) is 2.04. The number of rotatable bonds is 2. The van der Waals surface area contributed by atoms with Crippen LogP contribution in [0.1, 0.15) is 6.92 Å². The highest BCUT2D eigenvalue weighted by Crippen LogP contribution is 2.29. The topological polar surface area (TPSA) is 53.1 Å². The van der Waals surface area contributed by atoms with E-state index in [1.165, 1.54) is 0 Å². The van der Waals surface area contributed by atoms with Crippen molar-refractivity contribution in [3.8, 4) is 5.75 Å². The van der Waals surface area contributed by atoms with Gasteiger partial charge in [0.2, 0.25) is 0 Å². The predicted octanol–water partition coefficient (Wildman–Crippen LogP) is 1.55. The molecule has 1 heterocycles. The lowest BCUT2D eigenvalue weighted by atomic mass is 10.2. The van der Waals surface area contributed by atoms with Gasteiger partial charge in [0.25, 0.3) is 0 Å². The molecule has 14 heavy (non-hydrogen) atoms. The molecule has 0 saturated carbocycles. The minimum Gasteiger partial charge on any atom is -0.493 e. The van der Waals surface area contributed by atoms with Crippen LogP contribution in [0.2, 0.25) is 0 Å². The molecule has 0 amide bonds. The Labute approximate surface area is 82.3 Å². The number of aryl methyl sites for hydroxylation is 1. The van der Waals surface area contributed by atoms with Gasteiger partial charge >= 0.3 is 0 Å². The van der Waals surface area contributed by atoms with Crippen molar-refractivity contribution >= 4 is 16.6 Å². The van der Waals surface area contributed by atoms with Crippen LogP contribution < -0.4 is 10.5 Å². The van der Waals surface area contributed by atoms with E-state index in [9.17, 15) is 0 Å². The van der Waals surface area contributed by atoms with Gasteiger partial charge in [0.1, 0.15) is 5.75 Å². The lowest BCUT2D eigenvalue weighted by molar-refractivity contribution is 0.344. The first-order valence-corrected chi connectivity index (χ1v) is 4.57. The molecule has 0 unspecified atom stereocenters. The molecule has 0 aliphatic heterocycles. The SMILES string of the molecule is CCOc1ccc(N)c2c1cnn2C. The van der Waals surface area contributed by atoms with Gasteiger partial charge in [-0.3, -0.25) is 4.68 Å². The highest BCUT2D eigenvalue weighted by Gasteiger charge is 2.08. The van der Waals surface area contributed by atoms with Crippen LogP contribution in [0, 0.1) is 0 Å². The van der Waals surface area contributed by atoms with E-state index in [1.54, 1.807) is 10.9 Å². The molecule has 0 saturated heterocycles. The lowest BCUT2D eigenvalue weighted by Gasteiger charge is -2.06. The highest BCUT2D eigenvalue weighted by molar-refractivity contribution is 5.94. The molecule has 2 rings (SSSR count). The van der Waals surface area contributed by atoms with Crippen LogP contribution >= 0.6 is 0 Å². The van der Waals surface area contributed by atoms with Gasteiger partial charge in [-0.2, -0.15) is 5.10 Å². The number of nitrogens with zero attached hydrogens (tertiary/aromatic N) is 2. The second-order valence-electron chi connectivity index (χ2n) is 3.12. The van der Waals surface area contributed by atoms with Crippen LogP contribution in [0.15, 0.2) is 18.3 Å². The van der Waals surface area contributed by atoms with E-state index < -0.39 is 0 Å². The fourth-order valence-electron chi connectivity index (χ4n) is 1.58. The zero-order valence-electron chi connectivity index (χ0n) is 8.32. The molecule has 2 N–H and O–H groups in total. The van der Waals surface area contributed by atoms with Crippen LogP contribution in [-0.2, 0) is 7.05 Å². The summed E-state index contributed by atoms with van der Waals surface area (Å²) in [6, 6.07) is 3.72. The summed E-state index contributed by atoms with van der Waals surface area (Å²) in [6.45, 7) is 2.60. The first-order chi connectivity index (χ1) is 6.74. The van der Waals surface area contributed by atoms with Crippen molar-refractivity contribution in [3.05, 3.63) is 18.3 Å².